The van der Waals surface area contributed by atoms with Gasteiger partial charge in [0.15, 0.2) is 0 Å². The third kappa shape index (κ3) is 3.81. The van der Waals surface area contributed by atoms with Crippen LogP contribution in [0.5, 0.6) is 0 Å². The molecule has 0 saturated carbocycles. The van der Waals surface area contributed by atoms with Crippen molar-refractivity contribution in [2.75, 3.05) is 6.54 Å². The summed E-state index contributed by atoms with van der Waals surface area (Å²) in [6.45, 7) is 0.957. The van der Waals surface area contributed by atoms with E-state index in [1.807, 2.05) is 30.3 Å². The fraction of sp³-hybridized carbons (Fsp3) is 0.318. The highest BCUT2D eigenvalue weighted by Crippen LogP contribution is 2.21. The van der Waals surface area contributed by atoms with E-state index < -0.39 is 0 Å². The van der Waals surface area contributed by atoms with Gasteiger partial charge in [-0.2, -0.15) is 0 Å². The Morgan fingerprint density at radius 3 is 2.77 bits per heavy atom. The Bertz CT molecular complexity index is 871. The molecule has 1 aliphatic heterocycles. The summed E-state index contributed by atoms with van der Waals surface area (Å²) in [5.41, 5.74) is 3.31. The van der Waals surface area contributed by atoms with Crippen LogP contribution in [-0.2, 0) is 6.42 Å². The molecule has 26 heavy (non-hydrogen) atoms. The van der Waals surface area contributed by atoms with Crippen molar-refractivity contribution in [1.29, 1.82) is 0 Å². The number of hydrogen-bond acceptors (Lipinski definition) is 2. The maximum absolute atomic E-state index is 12.4. The third-order valence-corrected chi connectivity index (χ3v) is 5.30. The SMILES string of the molecule is O=C(NC1CCNC(CCc2c[nH]c3ccccc23)C1)c1ccccc1. The second-order valence-corrected chi connectivity index (χ2v) is 7.11. The minimum absolute atomic E-state index is 0.0351. The molecule has 1 fully saturated rings. The van der Waals surface area contributed by atoms with Crippen molar-refractivity contribution in [2.24, 2.45) is 0 Å². The van der Waals surface area contributed by atoms with Gasteiger partial charge in [-0.1, -0.05) is 36.4 Å². The zero-order valence-electron chi connectivity index (χ0n) is 14.9. The van der Waals surface area contributed by atoms with Crippen LogP contribution in [0.4, 0.5) is 0 Å². The van der Waals surface area contributed by atoms with Crippen molar-refractivity contribution in [3.63, 3.8) is 0 Å². The molecule has 3 aromatic rings. The van der Waals surface area contributed by atoms with Gasteiger partial charge in [0.1, 0.15) is 0 Å². The highest BCUT2D eigenvalue weighted by molar-refractivity contribution is 5.94. The molecule has 1 aromatic heterocycles. The number of rotatable bonds is 5. The number of para-hydroxylation sites is 1. The molecule has 0 bridgehead atoms. The predicted octanol–water partition coefficient (Wildman–Crippen LogP) is 3.65. The molecular weight excluding hydrogens is 322 g/mol. The van der Waals surface area contributed by atoms with Crippen LogP contribution in [-0.4, -0.2) is 29.5 Å². The largest absolute Gasteiger partial charge is 0.361 e. The van der Waals surface area contributed by atoms with Crippen LogP contribution in [0.3, 0.4) is 0 Å². The first-order valence-corrected chi connectivity index (χ1v) is 9.44. The molecule has 0 radical (unpaired) electrons. The van der Waals surface area contributed by atoms with Gasteiger partial charge in [-0.15, -0.1) is 0 Å². The van der Waals surface area contributed by atoms with Crippen LogP contribution in [0.2, 0.25) is 0 Å². The molecule has 1 amide bonds. The van der Waals surface area contributed by atoms with Gasteiger partial charge in [-0.25, -0.2) is 0 Å². The topological polar surface area (TPSA) is 56.9 Å². The number of nitrogens with one attached hydrogen (secondary N) is 3. The number of hydrogen-bond donors (Lipinski definition) is 3. The molecule has 1 aliphatic rings. The van der Waals surface area contributed by atoms with Gasteiger partial charge in [-0.3, -0.25) is 4.79 Å². The monoisotopic (exact) mass is 347 g/mol. The minimum Gasteiger partial charge on any atom is -0.361 e. The van der Waals surface area contributed by atoms with Crippen molar-refractivity contribution in [1.82, 2.24) is 15.6 Å². The average molecular weight is 347 g/mol. The first-order valence-electron chi connectivity index (χ1n) is 9.44. The van der Waals surface area contributed by atoms with Gasteiger partial charge in [0.05, 0.1) is 0 Å². The van der Waals surface area contributed by atoms with E-state index in [0.29, 0.717) is 6.04 Å². The summed E-state index contributed by atoms with van der Waals surface area (Å²) in [4.78, 5) is 15.7. The summed E-state index contributed by atoms with van der Waals surface area (Å²) in [5.74, 6) is 0.0351. The predicted molar refractivity (Wildman–Crippen MR) is 105 cm³/mol. The van der Waals surface area contributed by atoms with Crippen molar-refractivity contribution >= 4 is 16.8 Å². The van der Waals surface area contributed by atoms with Crippen LogP contribution in [0.1, 0.15) is 35.2 Å². The van der Waals surface area contributed by atoms with E-state index in [1.54, 1.807) is 0 Å². The molecule has 4 heteroatoms. The second-order valence-electron chi connectivity index (χ2n) is 7.11. The Labute approximate surface area is 154 Å². The quantitative estimate of drug-likeness (QED) is 0.660. The molecule has 1 saturated heterocycles. The zero-order chi connectivity index (χ0) is 17.8. The summed E-state index contributed by atoms with van der Waals surface area (Å²) in [5, 5.41) is 8.13. The normalized spacial score (nSPS) is 20.2. The standard InChI is InChI=1S/C22H25N3O/c26-22(16-6-2-1-3-7-16)25-19-12-13-23-18(14-19)11-10-17-15-24-21-9-5-4-8-20(17)21/h1-9,15,18-19,23-24H,10-14H2,(H,25,26). The van der Waals surface area contributed by atoms with Crippen LogP contribution in [0.25, 0.3) is 10.9 Å². The number of H-pyrrole nitrogens is 1. The van der Waals surface area contributed by atoms with Gasteiger partial charge in [0.25, 0.3) is 5.91 Å². The minimum atomic E-state index is 0.0351. The summed E-state index contributed by atoms with van der Waals surface area (Å²) >= 11 is 0. The van der Waals surface area contributed by atoms with E-state index in [9.17, 15) is 4.79 Å². The Morgan fingerprint density at radius 2 is 1.88 bits per heavy atom. The number of piperidine rings is 1. The molecule has 0 aliphatic carbocycles. The van der Waals surface area contributed by atoms with E-state index in [2.05, 4.69) is 46.1 Å². The lowest BCUT2D eigenvalue weighted by atomic mass is 9.94. The van der Waals surface area contributed by atoms with E-state index in [4.69, 9.17) is 0 Å². The molecular formula is C22H25N3O. The molecule has 0 spiro atoms. The summed E-state index contributed by atoms with van der Waals surface area (Å²) in [6, 6.07) is 18.6. The lowest BCUT2D eigenvalue weighted by Crippen LogP contribution is -2.47. The summed E-state index contributed by atoms with van der Waals surface area (Å²) in [7, 11) is 0. The smallest absolute Gasteiger partial charge is 0.251 e. The van der Waals surface area contributed by atoms with E-state index in [-0.39, 0.29) is 11.9 Å². The molecule has 4 nitrogen and oxygen atoms in total. The maximum Gasteiger partial charge on any atom is 0.251 e. The van der Waals surface area contributed by atoms with Gasteiger partial charge < -0.3 is 15.6 Å². The Hall–Kier alpha value is -2.59. The molecule has 3 N–H and O–H groups in total. The van der Waals surface area contributed by atoms with Crippen molar-refractivity contribution in [2.45, 2.75) is 37.8 Å². The highest BCUT2D eigenvalue weighted by atomic mass is 16.1. The summed E-state index contributed by atoms with van der Waals surface area (Å²) in [6.07, 6.45) is 6.23. The fourth-order valence-electron chi connectivity index (χ4n) is 3.88. The Balaban J connectivity index is 1.33. The Kier molecular flexibility index (Phi) is 5.02. The number of aromatic amines is 1. The van der Waals surface area contributed by atoms with Crippen LogP contribution in [0, 0.1) is 0 Å². The van der Waals surface area contributed by atoms with Gasteiger partial charge in [0.2, 0.25) is 0 Å². The third-order valence-electron chi connectivity index (χ3n) is 5.30. The van der Waals surface area contributed by atoms with E-state index in [1.165, 1.54) is 16.5 Å². The number of aryl methyl sites for hydroxylation is 1. The van der Waals surface area contributed by atoms with Crippen molar-refractivity contribution < 1.29 is 4.79 Å². The number of amides is 1. The van der Waals surface area contributed by atoms with Crippen LogP contribution >= 0.6 is 0 Å². The molecule has 134 valence electrons. The van der Waals surface area contributed by atoms with Gasteiger partial charge >= 0.3 is 0 Å². The maximum atomic E-state index is 12.4. The van der Waals surface area contributed by atoms with Gasteiger partial charge in [-0.05, 0) is 56.0 Å². The zero-order valence-corrected chi connectivity index (χ0v) is 14.9. The summed E-state index contributed by atoms with van der Waals surface area (Å²) < 4.78 is 0. The van der Waals surface area contributed by atoms with E-state index >= 15 is 0 Å². The first-order chi connectivity index (χ1) is 12.8. The number of benzene rings is 2. The van der Waals surface area contributed by atoms with E-state index in [0.717, 1.165) is 37.8 Å². The van der Waals surface area contributed by atoms with Crippen LogP contribution < -0.4 is 10.6 Å². The number of carbonyl (C=O) groups is 1. The average Bonchev–Trinajstić information content (AvgIpc) is 3.10. The molecule has 2 heterocycles. The van der Waals surface area contributed by atoms with Crippen LogP contribution in [0.15, 0.2) is 60.8 Å². The lowest BCUT2D eigenvalue weighted by Gasteiger charge is -2.31. The van der Waals surface area contributed by atoms with Crippen molar-refractivity contribution in [3.05, 3.63) is 71.9 Å². The molecule has 2 atom stereocenters. The molecule has 2 unspecified atom stereocenters. The van der Waals surface area contributed by atoms with Gasteiger partial charge in [0, 0.05) is 34.7 Å². The lowest BCUT2D eigenvalue weighted by molar-refractivity contribution is 0.0924. The number of aromatic nitrogens is 1. The Morgan fingerprint density at radius 1 is 1.08 bits per heavy atom. The van der Waals surface area contributed by atoms with Crippen molar-refractivity contribution in [3.8, 4) is 0 Å². The highest BCUT2D eigenvalue weighted by Gasteiger charge is 2.23. The number of fused-ring (bicyclic) bond motifs is 1. The number of carbonyl (C=O) groups excluding carboxylic acids is 1. The first kappa shape index (κ1) is 16.9. The second kappa shape index (κ2) is 7.75. The molecule has 4 rings (SSSR count). The molecule has 2 aromatic carbocycles. The fourth-order valence-corrected chi connectivity index (χ4v) is 3.88.